The summed E-state index contributed by atoms with van der Waals surface area (Å²) in [6.45, 7) is -0.0734. The number of nitrogens with zero attached hydrogens (tertiary/aromatic N) is 4. The van der Waals surface area contributed by atoms with Gasteiger partial charge in [-0.25, -0.2) is 28.6 Å². The fraction of sp³-hybridized carbons (Fsp3) is 0.500. The van der Waals surface area contributed by atoms with Gasteiger partial charge in [-0.1, -0.05) is 55.9 Å². The minimum atomic E-state index is -5.62. The number of aliphatic hydroxyl groups excluding tert-OH is 2. The second-order valence-electron chi connectivity index (χ2n) is 14.1. The highest BCUT2D eigenvalue weighted by molar-refractivity contribution is 8.13. The van der Waals surface area contributed by atoms with Crippen molar-refractivity contribution in [1.29, 1.82) is 0 Å². The topological polar surface area (TPSA) is 418 Å². The van der Waals surface area contributed by atoms with Crippen molar-refractivity contribution in [2.24, 2.45) is 11.3 Å². The molecule has 1 aliphatic rings. The van der Waals surface area contributed by atoms with Gasteiger partial charge in [0, 0.05) is 36.2 Å². The molecule has 1 aromatic carbocycles. The molecule has 0 bridgehead atoms. The van der Waals surface area contributed by atoms with Gasteiger partial charge in [-0.05, 0) is 0 Å². The molecule has 1 aliphatic heterocycles. The number of aliphatic carboxylic acids is 1. The molecule has 63 heavy (non-hydrogen) atoms. The highest BCUT2D eigenvalue weighted by Crippen LogP contribution is 2.61. The summed E-state index contributed by atoms with van der Waals surface area (Å²) in [7, 11) is -16.5. The molecule has 0 aliphatic carbocycles. The predicted molar refractivity (Wildman–Crippen MR) is 214 cm³/mol. The number of hydrogen-bond acceptors (Lipinski definition) is 20. The quantitative estimate of drug-likeness (QED) is 0.0237. The van der Waals surface area contributed by atoms with Crippen LogP contribution in [0.2, 0.25) is 0 Å². The van der Waals surface area contributed by atoms with E-state index in [0.717, 1.165) is 17.2 Å². The molecule has 348 valence electrons. The van der Waals surface area contributed by atoms with Crippen molar-refractivity contribution in [3.8, 4) is 0 Å². The molecule has 0 spiro atoms. The summed E-state index contributed by atoms with van der Waals surface area (Å²) in [6.07, 6.45) is -7.99. The molecule has 4 rings (SSSR count). The van der Waals surface area contributed by atoms with Gasteiger partial charge in [0.05, 0.1) is 26.0 Å². The minimum absolute atomic E-state index is 0.00949. The number of phosphoric ester groups is 3. The van der Waals surface area contributed by atoms with Crippen LogP contribution in [0.5, 0.6) is 0 Å². The SMILES string of the molecule is CC(C)(COP(=O)(O)OP(=O)(O)OC[C@H]1O[C@@H](n2cnc3c(N)ncnc32)[C@H](O)[C@@H]1OP(=O)(O)O)[C@@H](O)C(=O)NCCC(=O)NCCSC(=O)[C@H](CC(=O)O)C(=O)c1ccccc1. The summed E-state index contributed by atoms with van der Waals surface area (Å²) in [5.74, 6) is -5.16. The van der Waals surface area contributed by atoms with E-state index < -0.39 is 114 Å². The Hall–Kier alpha value is -4.08. The van der Waals surface area contributed by atoms with Crippen LogP contribution in [-0.4, -0.2) is 140 Å². The van der Waals surface area contributed by atoms with Gasteiger partial charge in [0.1, 0.15) is 42.2 Å². The zero-order valence-corrected chi connectivity index (χ0v) is 36.5. The maximum Gasteiger partial charge on any atom is 0.481 e. The van der Waals surface area contributed by atoms with Crippen LogP contribution < -0.4 is 16.4 Å². The van der Waals surface area contributed by atoms with Crippen LogP contribution in [0.4, 0.5) is 5.82 Å². The van der Waals surface area contributed by atoms with Crippen molar-refractivity contribution in [2.45, 2.75) is 57.3 Å². The second-order valence-corrected chi connectivity index (χ2v) is 19.5. The van der Waals surface area contributed by atoms with Crippen LogP contribution in [0.15, 0.2) is 43.0 Å². The number of ether oxygens (including phenoxy) is 1. The Balaban J connectivity index is 1.21. The molecule has 1 saturated heterocycles. The number of aliphatic hydroxyl groups is 2. The standard InChI is InChI=1S/C32H44N7O20P3S/c1-32(2,26(45)29(46)35-9-8-20(40)34-10-11-63-31(47)18(12-21(41)42)23(43)17-6-4-3-5-7-17)14-56-62(53,54)59-61(51,52)55-13-19-25(58-60(48,49)50)24(44)30(57-19)39-16-38-22-27(33)36-15-37-28(22)39/h3-7,15-16,18-19,24-26,30,44-45H,8-14H2,1-2H3,(H,34,40)(H,35,46)(H,41,42)(H,51,52)(H,53,54)(H2,33,36,37)(H2,48,49,50)/t18-,19-,24-,25-,26+,30-/m1/s1. The summed E-state index contributed by atoms with van der Waals surface area (Å²) >= 11 is 0.659. The number of benzene rings is 1. The smallest absolute Gasteiger partial charge is 0.481 e. The van der Waals surface area contributed by atoms with Gasteiger partial charge >= 0.3 is 29.4 Å². The molecule has 27 nitrogen and oxygen atoms in total. The Labute approximate surface area is 360 Å². The van der Waals surface area contributed by atoms with E-state index in [2.05, 4.69) is 34.4 Å². The number of carbonyl (C=O) groups is 5. The lowest BCUT2D eigenvalue weighted by Gasteiger charge is -2.30. The van der Waals surface area contributed by atoms with E-state index in [4.69, 9.17) is 19.5 Å². The number of hydrogen-bond donors (Lipinski definition) is 10. The van der Waals surface area contributed by atoms with Gasteiger partial charge < -0.3 is 56.0 Å². The molecule has 0 saturated carbocycles. The van der Waals surface area contributed by atoms with Gasteiger partial charge in [0.15, 0.2) is 28.6 Å². The van der Waals surface area contributed by atoms with Crippen LogP contribution in [-0.2, 0) is 55.5 Å². The number of nitrogen functional groups attached to an aromatic ring is 1. The molecule has 2 aromatic heterocycles. The fourth-order valence-corrected chi connectivity index (χ4v) is 9.27. The first-order valence-electron chi connectivity index (χ1n) is 18.2. The number of nitrogens with one attached hydrogen (secondary N) is 2. The van der Waals surface area contributed by atoms with Gasteiger partial charge in [0.2, 0.25) is 11.8 Å². The van der Waals surface area contributed by atoms with E-state index in [0.29, 0.717) is 11.8 Å². The van der Waals surface area contributed by atoms with E-state index in [-0.39, 0.29) is 47.8 Å². The lowest BCUT2D eigenvalue weighted by atomic mass is 9.87. The molecule has 2 amide bonds. The van der Waals surface area contributed by atoms with Crippen LogP contribution in [0.3, 0.4) is 0 Å². The summed E-state index contributed by atoms with van der Waals surface area (Å²) in [6, 6.07) is 7.69. The second kappa shape index (κ2) is 21.7. The van der Waals surface area contributed by atoms with E-state index in [1.165, 1.54) is 26.0 Å². The summed E-state index contributed by atoms with van der Waals surface area (Å²) in [5, 5.41) is 34.8. The lowest BCUT2D eigenvalue weighted by Crippen LogP contribution is -2.46. The number of ketones is 1. The van der Waals surface area contributed by atoms with Gasteiger partial charge in [0.25, 0.3) is 0 Å². The van der Waals surface area contributed by atoms with Crippen LogP contribution in [0.1, 0.15) is 43.3 Å². The zero-order chi connectivity index (χ0) is 46.9. The Morgan fingerprint density at radius 2 is 1.65 bits per heavy atom. The number of imidazole rings is 1. The van der Waals surface area contributed by atoms with Crippen LogP contribution in [0.25, 0.3) is 11.2 Å². The number of thioether (sulfide) groups is 1. The van der Waals surface area contributed by atoms with Crippen molar-refractivity contribution in [3.05, 3.63) is 48.5 Å². The number of carbonyl (C=O) groups excluding carboxylic acids is 4. The van der Waals surface area contributed by atoms with Gasteiger partial charge in [-0.15, -0.1) is 0 Å². The lowest BCUT2D eigenvalue weighted by molar-refractivity contribution is -0.139. The molecule has 3 heterocycles. The molecular formula is C32H44N7O20P3S. The average molecular weight is 972 g/mol. The largest absolute Gasteiger partial charge is 0.481 e. The number of Topliss-reactive ketones (excluding diaryl/α,β-unsaturated/α-hetero) is 1. The number of amides is 2. The number of rotatable bonds is 24. The van der Waals surface area contributed by atoms with E-state index in [1.54, 1.807) is 18.2 Å². The monoisotopic (exact) mass is 971 g/mol. The summed E-state index contributed by atoms with van der Waals surface area (Å²) in [4.78, 5) is 113. The summed E-state index contributed by atoms with van der Waals surface area (Å²) < 4.78 is 62.2. The Morgan fingerprint density at radius 1 is 0.984 bits per heavy atom. The highest BCUT2D eigenvalue weighted by atomic mass is 32.2. The first kappa shape index (κ1) is 51.6. The third kappa shape index (κ3) is 15.0. The summed E-state index contributed by atoms with van der Waals surface area (Å²) in [5.41, 5.74) is 4.32. The molecule has 11 N–H and O–H groups in total. The number of aromatic nitrogens is 4. The molecule has 1 fully saturated rings. The molecular weight excluding hydrogens is 927 g/mol. The minimum Gasteiger partial charge on any atom is -0.481 e. The Morgan fingerprint density at radius 3 is 2.30 bits per heavy atom. The van der Waals surface area contributed by atoms with Crippen LogP contribution in [0, 0.1) is 11.3 Å². The zero-order valence-electron chi connectivity index (χ0n) is 33.0. The molecule has 8 atom stereocenters. The van der Waals surface area contributed by atoms with Gasteiger partial charge in [-0.2, -0.15) is 4.31 Å². The normalized spacial score (nSPS) is 20.9. The molecule has 2 unspecified atom stereocenters. The van der Waals surface area contributed by atoms with E-state index in [1.807, 2.05) is 0 Å². The predicted octanol–water partition coefficient (Wildman–Crippen LogP) is -0.361. The number of carboxylic acids is 1. The number of carboxylic acid groups (broad SMARTS) is 1. The Kier molecular flexibility index (Phi) is 17.8. The third-order valence-corrected chi connectivity index (χ3v) is 12.9. The maximum atomic E-state index is 12.7. The van der Waals surface area contributed by atoms with Crippen molar-refractivity contribution in [2.75, 3.05) is 37.8 Å². The first-order chi connectivity index (χ1) is 29.3. The maximum absolute atomic E-state index is 12.7. The first-order valence-corrected chi connectivity index (χ1v) is 23.7. The van der Waals surface area contributed by atoms with Crippen molar-refractivity contribution in [1.82, 2.24) is 30.2 Å². The van der Waals surface area contributed by atoms with Crippen molar-refractivity contribution < 1.29 is 95.2 Å². The van der Waals surface area contributed by atoms with Crippen LogP contribution >= 0.6 is 35.2 Å². The molecule has 0 radical (unpaired) electrons. The number of nitrogens with two attached hydrogens (primary N) is 1. The molecule has 31 heteroatoms. The molecule has 3 aromatic rings. The average Bonchev–Trinajstić information content (AvgIpc) is 3.76. The van der Waals surface area contributed by atoms with E-state index in [9.17, 15) is 72.6 Å². The third-order valence-electron chi connectivity index (χ3n) is 8.78. The van der Waals surface area contributed by atoms with Gasteiger partial charge in [-0.3, -0.25) is 42.1 Å². The van der Waals surface area contributed by atoms with E-state index >= 15 is 0 Å². The number of anilines is 1. The number of fused-ring (bicyclic) bond motifs is 1. The Bertz CT molecular complexity index is 2280. The fourth-order valence-electron chi connectivity index (χ4n) is 5.64. The number of phosphoric acid groups is 3. The highest BCUT2D eigenvalue weighted by Gasteiger charge is 2.50. The van der Waals surface area contributed by atoms with Crippen molar-refractivity contribution >= 4 is 80.9 Å². The van der Waals surface area contributed by atoms with Crippen molar-refractivity contribution in [3.63, 3.8) is 0 Å².